The SMILES string of the molecule is CN(CCOc1ccccc1F)C(=O)CNC(=O)c1ccccc1. The van der Waals surface area contributed by atoms with Crippen molar-refractivity contribution in [3.8, 4) is 5.75 Å². The van der Waals surface area contributed by atoms with E-state index < -0.39 is 5.82 Å². The van der Waals surface area contributed by atoms with Gasteiger partial charge in [0.25, 0.3) is 5.91 Å². The van der Waals surface area contributed by atoms with Gasteiger partial charge in [0.05, 0.1) is 13.1 Å². The first-order valence-corrected chi connectivity index (χ1v) is 7.52. The Balaban J connectivity index is 1.72. The fraction of sp³-hybridized carbons (Fsp3) is 0.222. The lowest BCUT2D eigenvalue weighted by atomic mass is 10.2. The molecule has 0 fully saturated rings. The van der Waals surface area contributed by atoms with Crippen molar-refractivity contribution in [2.45, 2.75) is 0 Å². The first-order valence-electron chi connectivity index (χ1n) is 7.52. The summed E-state index contributed by atoms with van der Waals surface area (Å²) in [6.45, 7) is 0.341. The van der Waals surface area contributed by atoms with E-state index in [2.05, 4.69) is 5.32 Å². The van der Waals surface area contributed by atoms with Gasteiger partial charge in [0.2, 0.25) is 5.91 Å². The third kappa shape index (κ3) is 5.08. The van der Waals surface area contributed by atoms with E-state index in [1.807, 2.05) is 6.07 Å². The number of rotatable bonds is 7. The van der Waals surface area contributed by atoms with Crippen LogP contribution in [0.25, 0.3) is 0 Å². The zero-order chi connectivity index (χ0) is 17.4. The third-order valence-corrected chi connectivity index (χ3v) is 3.38. The van der Waals surface area contributed by atoms with Crippen molar-refractivity contribution in [3.05, 3.63) is 66.0 Å². The Morgan fingerprint density at radius 3 is 2.46 bits per heavy atom. The molecule has 0 aromatic heterocycles. The van der Waals surface area contributed by atoms with Crippen LogP contribution in [0.3, 0.4) is 0 Å². The molecule has 0 radical (unpaired) electrons. The molecule has 0 atom stereocenters. The van der Waals surface area contributed by atoms with Crippen LogP contribution in [0.1, 0.15) is 10.4 Å². The second-order valence-electron chi connectivity index (χ2n) is 5.14. The van der Waals surface area contributed by atoms with Crippen LogP contribution in [-0.4, -0.2) is 43.5 Å². The third-order valence-electron chi connectivity index (χ3n) is 3.38. The molecule has 0 heterocycles. The molecule has 0 spiro atoms. The van der Waals surface area contributed by atoms with Crippen LogP contribution < -0.4 is 10.1 Å². The number of hydrogen-bond acceptors (Lipinski definition) is 3. The Kier molecular flexibility index (Phi) is 6.31. The summed E-state index contributed by atoms with van der Waals surface area (Å²) in [6.07, 6.45) is 0. The van der Waals surface area contributed by atoms with Gasteiger partial charge in [-0.25, -0.2) is 4.39 Å². The van der Waals surface area contributed by atoms with Crippen molar-refractivity contribution in [2.75, 3.05) is 26.7 Å². The summed E-state index contributed by atoms with van der Waals surface area (Å²) >= 11 is 0. The molecule has 0 saturated carbocycles. The number of nitrogens with zero attached hydrogens (tertiary/aromatic N) is 1. The fourth-order valence-electron chi connectivity index (χ4n) is 1.96. The zero-order valence-electron chi connectivity index (χ0n) is 13.4. The summed E-state index contributed by atoms with van der Waals surface area (Å²) < 4.78 is 18.7. The van der Waals surface area contributed by atoms with E-state index >= 15 is 0 Å². The highest BCUT2D eigenvalue weighted by molar-refractivity contribution is 5.96. The standard InChI is InChI=1S/C18H19FN2O3/c1-21(11-12-24-16-10-6-5-9-15(16)19)17(22)13-20-18(23)14-7-3-2-4-8-14/h2-10H,11-13H2,1H3,(H,20,23). The summed E-state index contributed by atoms with van der Waals surface area (Å²) in [4.78, 5) is 25.3. The molecule has 2 aromatic rings. The van der Waals surface area contributed by atoms with Crippen LogP contribution in [0.2, 0.25) is 0 Å². The molecule has 5 nitrogen and oxygen atoms in total. The van der Waals surface area contributed by atoms with Crippen LogP contribution in [0.15, 0.2) is 54.6 Å². The molecule has 2 amide bonds. The number of amides is 2. The Labute approximate surface area is 140 Å². The number of nitrogens with one attached hydrogen (secondary N) is 1. The van der Waals surface area contributed by atoms with Crippen LogP contribution in [-0.2, 0) is 4.79 Å². The van der Waals surface area contributed by atoms with Crippen molar-refractivity contribution in [1.82, 2.24) is 10.2 Å². The van der Waals surface area contributed by atoms with E-state index in [0.717, 1.165) is 0 Å². The summed E-state index contributed by atoms with van der Waals surface area (Å²) in [6, 6.07) is 14.7. The molecule has 2 rings (SSSR count). The van der Waals surface area contributed by atoms with Gasteiger partial charge in [0.15, 0.2) is 11.6 Å². The van der Waals surface area contributed by atoms with Crippen LogP contribution in [0.5, 0.6) is 5.75 Å². The molecule has 0 bridgehead atoms. The van der Waals surface area contributed by atoms with Crippen molar-refractivity contribution in [3.63, 3.8) is 0 Å². The Bertz CT molecular complexity index is 692. The van der Waals surface area contributed by atoms with Crippen molar-refractivity contribution >= 4 is 11.8 Å². The Morgan fingerprint density at radius 2 is 1.75 bits per heavy atom. The van der Waals surface area contributed by atoms with Gasteiger partial charge in [0.1, 0.15) is 6.61 Å². The van der Waals surface area contributed by atoms with Gasteiger partial charge >= 0.3 is 0 Å². The predicted octanol–water partition coefficient (Wildman–Crippen LogP) is 2.09. The molecule has 2 aromatic carbocycles. The maximum Gasteiger partial charge on any atom is 0.251 e. The number of halogens is 1. The molecule has 0 aliphatic rings. The highest BCUT2D eigenvalue weighted by Gasteiger charge is 2.12. The first kappa shape index (κ1) is 17.5. The smallest absolute Gasteiger partial charge is 0.251 e. The second kappa shape index (κ2) is 8.67. The first-order chi connectivity index (χ1) is 11.6. The van der Waals surface area contributed by atoms with E-state index in [9.17, 15) is 14.0 Å². The molecular weight excluding hydrogens is 311 g/mol. The minimum absolute atomic E-state index is 0.107. The number of hydrogen-bond donors (Lipinski definition) is 1. The van der Waals surface area contributed by atoms with E-state index in [1.54, 1.807) is 43.4 Å². The molecule has 0 aliphatic carbocycles. The topological polar surface area (TPSA) is 58.6 Å². The predicted molar refractivity (Wildman–Crippen MR) is 88.3 cm³/mol. The maximum absolute atomic E-state index is 13.4. The van der Waals surface area contributed by atoms with Gasteiger partial charge in [-0.05, 0) is 24.3 Å². The van der Waals surface area contributed by atoms with Gasteiger partial charge in [0, 0.05) is 12.6 Å². The molecule has 1 N–H and O–H groups in total. The summed E-state index contributed by atoms with van der Waals surface area (Å²) in [5.41, 5.74) is 0.496. The van der Waals surface area contributed by atoms with Crippen molar-refractivity contribution in [2.24, 2.45) is 0 Å². The number of benzene rings is 2. The molecule has 24 heavy (non-hydrogen) atoms. The van der Waals surface area contributed by atoms with E-state index in [1.165, 1.54) is 17.0 Å². The monoisotopic (exact) mass is 330 g/mol. The molecule has 0 saturated heterocycles. The van der Waals surface area contributed by atoms with Gasteiger partial charge in [-0.2, -0.15) is 0 Å². The summed E-state index contributed by atoms with van der Waals surface area (Å²) in [7, 11) is 1.60. The van der Waals surface area contributed by atoms with E-state index in [0.29, 0.717) is 5.56 Å². The molecular formula is C18H19FN2O3. The lowest BCUT2D eigenvalue weighted by Gasteiger charge is -2.18. The number of ether oxygens (including phenoxy) is 1. The highest BCUT2D eigenvalue weighted by atomic mass is 19.1. The minimum Gasteiger partial charge on any atom is -0.489 e. The van der Waals surface area contributed by atoms with Gasteiger partial charge < -0.3 is 15.0 Å². The highest BCUT2D eigenvalue weighted by Crippen LogP contribution is 2.14. The number of carbonyl (C=O) groups excluding carboxylic acids is 2. The zero-order valence-corrected chi connectivity index (χ0v) is 13.4. The van der Waals surface area contributed by atoms with Crippen LogP contribution in [0, 0.1) is 5.82 Å². The fourth-order valence-corrected chi connectivity index (χ4v) is 1.96. The average Bonchev–Trinajstić information content (AvgIpc) is 2.61. The molecule has 0 unspecified atom stereocenters. The van der Waals surface area contributed by atoms with E-state index in [-0.39, 0.29) is 37.3 Å². The second-order valence-corrected chi connectivity index (χ2v) is 5.14. The summed E-state index contributed by atoms with van der Waals surface area (Å²) in [5.74, 6) is -0.853. The number of likely N-dealkylation sites (N-methyl/N-ethyl adjacent to an activating group) is 1. The van der Waals surface area contributed by atoms with Crippen molar-refractivity contribution in [1.29, 1.82) is 0 Å². The van der Waals surface area contributed by atoms with Crippen LogP contribution in [0.4, 0.5) is 4.39 Å². The minimum atomic E-state index is -0.443. The molecule has 0 aliphatic heterocycles. The quantitative estimate of drug-likeness (QED) is 0.846. The van der Waals surface area contributed by atoms with Crippen molar-refractivity contribution < 1.29 is 18.7 Å². The van der Waals surface area contributed by atoms with Crippen LogP contribution >= 0.6 is 0 Å². The largest absolute Gasteiger partial charge is 0.489 e. The number of para-hydroxylation sites is 1. The van der Waals surface area contributed by atoms with Gasteiger partial charge in [-0.1, -0.05) is 30.3 Å². The van der Waals surface area contributed by atoms with Gasteiger partial charge in [-0.3, -0.25) is 9.59 Å². The normalized spacial score (nSPS) is 10.1. The van der Waals surface area contributed by atoms with Gasteiger partial charge in [-0.15, -0.1) is 0 Å². The molecule has 126 valence electrons. The summed E-state index contributed by atoms with van der Waals surface area (Å²) in [5, 5.41) is 2.57. The molecule has 6 heteroatoms. The lowest BCUT2D eigenvalue weighted by molar-refractivity contribution is -0.129. The lowest BCUT2D eigenvalue weighted by Crippen LogP contribution is -2.39. The Morgan fingerprint density at radius 1 is 1.08 bits per heavy atom. The average molecular weight is 330 g/mol. The number of carbonyl (C=O) groups is 2. The Hall–Kier alpha value is -2.89. The van der Waals surface area contributed by atoms with E-state index in [4.69, 9.17) is 4.74 Å². The maximum atomic E-state index is 13.4.